The van der Waals surface area contributed by atoms with E-state index in [-0.39, 0.29) is 0 Å². The van der Waals surface area contributed by atoms with Crippen molar-refractivity contribution >= 4 is 5.91 Å². The van der Waals surface area contributed by atoms with Gasteiger partial charge in [-0.25, -0.2) is 0 Å². The van der Waals surface area contributed by atoms with Gasteiger partial charge in [0.15, 0.2) is 12.4 Å². The maximum absolute atomic E-state index is 11.8. The summed E-state index contributed by atoms with van der Waals surface area (Å²) in [6.45, 7) is 2.60. The van der Waals surface area contributed by atoms with Crippen LogP contribution >= 0.6 is 0 Å². The summed E-state index contributed by atoms with van der Waals surface area (Å²) >= 11 is 0. The Morgan fingerprint density at radius 3 is 2.24 bits per heavy atom. The van der Waals surface area contributed by atoms with Crippen LogP contribution in [0.15, 0.2) is 0 Å². The Bertz CT molecular complexity index is 314. The zero-order valence-electron chi connectivity index (χ0n) is 12.4. The number of amides is 1. The second-order valence-corrected chi connectivity index (χ2v) is 5.48. The first-order valence-corrected chi connectivity index (χ1v) is 7.64. The molecule has 1 saturated heterocycles. The van der Waals surface area contributed by atoms with Crippen molar-refractivity contribution in [2.75, 3.05) is 6.54 Å². The van der Waals surface area contributed by atoms with Crippen LogP contribution in [-0.2, 0) is 9.53 Å². The molecule has 0 unspecified atom stereocenters. The van der Waals surface area contributed by atoms with Gasteiger partial charge in [-0.2, -0.15) is 0 Å². The average Bonchev–Trinajstić information content (AvgIpc) is 2.47. The monoisotopic (exact) mass is 305 g/mol. The Kier molecular flexibility index (Phi) is 8.13. The van der Waals surface area contributed by atoms with Crippen LogP contribution in [0.3, 0.4) is 0 Å². The van der Waals surface area contributed by atoms with Gasteiger partial charge in [0.05, 0.1) is 0 Å². The highest BCUT2D eigenvalue weighted by Crippen LogP contribution is 2.19. The van der Waals surface area contributed by atoms with Crippen LogP contribution < -0.4 is 5.32 Å². The molecule has 0 aromatic heterocycles. The molecule has 5 N–H and O–H groups in total. The van der Waals surface area contributed by atoms with E-state index < -0.39 is 36.6 Å². The van der Waals surface area contributed by atoms with Gasteiger partial charge in [0.2, 0.25) is 0 Å². The molecule has 0 aromatic rings. The molecule has 1 aliphatic heterocycles. The van der Waals surface area contributed by atoms with E-state index >= 15 is 0 Å². The van der Waals surface area contributed by atoms with E-state index in [2.05, 4.69) is 12.2 Å². The van der Waals surface area contributed by atoms with Crippen molar-refractivity contribution in [3.05, 3.63) is 0 Å². The van der Waals surface area contributed by atoms with Gasteiger partial charge < -0.3 is 30.5 Å². The number of aliphatic hydroxyl groups is 4. The van der Waals surface area contributed by atoms with E-state index in [1.807, 2.05) is 0 Å². The van der Waals surface area contributed by atoms with Gasteiger partial charge in [-0.3, -0.25) is 4.79 Å². The highest BCUT2D eigenvalue weighted by atomic mass is 16.6. The van der Waals surface area contributed by atoms with Gasteiger partial charge in [-0.15, -0.1) is 0 Å². The molecular formula is C14H27NO6. The number of ether oxygens (including phenoxy) is 1. The SMILES string of the molecule is CCCCCCCCNC(=O)[C@H]1O[C@H](O)[C@H](O)[C@@H](O)[C@H]1O. The van der Waals surface area contributed by atoms with E-state index in [9.17, 15) is 25.2 Å². The Balaban J connectivity index is 2.25. The van der Waals surface area contributed by atoms with Crippen molar-refractivity contribution in [2.24, 2.45) is 0 Å². The average molecular weight is 305 g/mol. The second kappa shape index (κ2) is 9.32. The zero-order chi connectivity index (χ0) is 15.8. The summed E-state index contributed by atoms with van der Waals surface area (Å²) in [4.78, 5) is 11.8. The first-order valence-electron chi connectivity index (χ1n) is 7.64. The highest BCUT2D eigenvalue weighted by molar-refractivity contribution is 5.81. The topological polar surface area (TPSA) is 119 Å². The predicted molar refractivity (Wildman–Crippen MR) is 75.3 cm³/mol. The molecule has 21 heavy (non-hydrogen) atoms. The molecular weight excluding hydrogens is 278 g/mol. The first-order chi connectivity index (χ1) is 9.99. The number of aliphatic hydroxyl groups excluding tert-OH is 4. The van der Waals surface area contributed by atoms with Crippen molar-refractivity contribution in [3.8, 4) is 0 Å². The Morgan fingerprint density at radius 2 is 1.57 bits per heavy atom. The summed E-state index contributed by atoms with van der Waals surface area (Å²) in [6.07, 6.45) is -1.32. The summed E-state index contributed by atoms with van der Waals surface area (Å²) in [5.41, 5.74) is 0. The summed E-state index contributed by atoms with van der Waals surface area (Å²) in [5, 5.41) is 40.5. The molecule has 5 atom stereocenters. The Labute approximate surface area is 124 Å². The highest BCUT2D eigenvalue weighted by Gasteiger charge is 2.45. The van der Waals surface area contributed by atoms with Gasteiger partial charge >= 0.3 is 0 Å². The van der Waals surface area contributed by atoms with Crippen molar-refractivity contribution in [1.29, 1.82) is 0 Å². The maximum atomic E-state index is 11.8. The van der Waals surface area contributed by atoms with Gasteiger partial charge in [-0.05, 0) is 6.42 Å². The third-order valence-corrected chi connectivity index (χ3v) is 3.68. The van der Waals surface area contributed by atoms with Gasteiger partial charge in [0, 0.05) is 6.54 Å². The molecule has 1 heterocycles. The number of rotatable bonds is 8. The standard InChI is InChI=1S/C14H27NO6/c1-2-3-4-5-6-7-8-15-13(19)12-10(17)9(16)11(18)14(20)21-12/h9-12,14,16-18,20H,2-8H2,1H3,(H,15,19)/t9-,10+,11+,12-,14-/m0/s1. The van der Waals surface area contributed by atoms with Crippen molar-refractivity contribution in [2.45, 2.75) is 76.2 Å². The molecule has 1 amide bonds. The Morgan fingerprint density at radius 1 is 0.952 bits per heavy atom. The van der Waals surface area contributed by atoms with Gasteiger partial charge in [0.1, 0.15) is 18.3 Å². The fourth-order valence-corrected chi connectivity index (χ4v) is 2.30. The van der Waals surface area contributed by atoms with Crippen LogP contribution in [0.5, 0.6) is 0 Å². The fourth-order valence-electron chi connectivity index (χ4n) is 2.30. The molecule has 124 valence electrons. The normalized spacial score (nSPS) is 32.9. The van der Waals surface area contributed by atoms with Gasteiger partial charge in [-0.1, -0.05) is 39.0 Å². The van der Waals surface area contributed by atoms with Crippen LogP contribution in [0, 0.1) is 0 Å². The summed E-state index contributed by atoms with van der Waals surface area (Å²) < 4.78 is 4.84. The summed E-state index contributed by atoms with van der Waals surface area (Å²) in [7, 11) is 0. The summed E-state index contributed by atoms with van der Waals surface area (Å²) in [5.74, 6) is -0.596. The number of hydrogen-bond acceptors (Lipinski definition) is 6. The lowest BCUT2D eigenvalue weighted by molar-refractivity contribution is -0.275. The minimum atomic E-state index is -1.69. The first kappa shape index (κ1) is 18.3. The van der Waals surface area contributed by atoms with E-state index in [1.54, 1.807) is 0 Å². The molecule has 7 nitrogen and oxygen atoms in total. The molecule has 1 fully saturated rings. The predicted octanol–water partition coefficient (Wildman–Crippen LogP) is -0.737. The number of carbonyl (C=O) groups is 1. The zero-order valence-corrected chi connectivity index (χ0v) is 12.4. The van der Waals surface area contributed by atoms with Crippen molar-refractivity contribution in [1.82, 2.24) is 5.32 Å². The molecule has 0 aliphatic carbocycles. The molecule has 0 radical (unpaired) electrons. The molecule has 1 aliphatic rings. The molecule has 7 heteroatoms. The van der Waals surface area contributed by atoms with Crippen LogP contribution in [0.1, 0.15) is 45.4 Å². The molecule has 0 aromatic carbocycles. The van der Waals surface area contributed by atoms with E-state index in [4.69, 9.17) is 4.74 Å². The lowest BCUT2D eigenvalue weighted by atomic mass is 9.98. The second-order valence-electron chi connectivity index (χ2n) is 5.48. The number of carbonyl (C=O) groups excluding carboxylic acids is 1. The fraction of sp³-hybridized carbons (Fsp3) is 0.929. The van der Waals surface area contributed by atoms with E-state index in [1.165, 1.54) is 19.3 Å². The molecule has 0 spiro atoms. The summed E-state index contributed by atoms with van der Waals surface area (Å²) in [6, 6.07) is 0. The van der Waals surface area contributed by atoms with Crippen LogP contribution in [0.4, 0.5) is 0 Å². The largest absolute Gasteiger partial charge is 0.387 e. The number of unbranched alkanes of at least 4 members (excludes halogenated alkanes) is 5. The van der Waals surface area contributed by atoms with Gasteiger partial charge in [0.25, 0.3) is 5.91 Å². The number of hydrogen-bond donors (Lipinski definition) is 5. The third-order valence-electron chi connectivity index (χ3n) is 3.68. The quantitative estimate of drug-likeness (QED) is 0.377. The van der Waals surface area contributed by atoms with Crippen LogP contribution in [0.2, 0.25) is 0 Å². The lowest BCUT2D eigenvalue weighted by Crippen LogP contribution is -2.61. The van der Waals surface area contributed by atoms with E-state index in [0.29, 0.717) is 6.54 Å². The van der Waals surface area contributed by atoms with Crippen molar-refractivity contribution in [3.63, 3.8) is 0 Å². The molecule has 0 saturated carbocycles. The minimum Gasteiger partial charge on any atom is -0.387 e. The molecule has 1 rings (SSSR count). The van der Waals surface area contributed by atoms with Crippen LogP contribution in [-0.4, -0.2) is 63.6 Å². The van der Waals surface area contributed by atoms with Crippen molar-refractivity contribution < 1.29 is 30.0 Å². The number of nitrogens with one attached hydrogen (secondary N) is 1. The third kappa shape index (κ3) is 5.52. The smallest absolute Gasteiger partial charge is 0.252 e. The Hall–Kier alpha value is -0.730. The lowest BCUT2D eigenvalue weighted by Gasteiger charge is -2.37. The van der Waals surface area contributed by atoms with E-state index in [0.717, 1.165) is 19.3 Å². The van der Waals surface area contributed by atoms with Crippen LogP contribution in [0.25, 0.3) is 0 Å². The maximum Gasteiger partial charge on any atom is 0.252 e. The minimum absolute atomic E-state index is 0.451. The molecule has 0 bridgehead atoms.